The fraction of sp³-hybridized carbons (Fsp3) is 0.556. The lowest BCUT2D eigenvalue weighted by atomic mass is 9.75. The van der Waals surface area contributed by atoms with Crippen LogP contribution in [0.3, 0.4) is 0 Å². The molecule has 0 unspecified atom stereocenters. The second kappa shape index (κ2) is 9.56. The van der Waals surface area contributed by atoms with Crippen molar-refractivity contribution in [3.63, 3.8) is 0 Å². The van der Waals surface area contributed by atoms with E-state index in [1.54, 1.807) is 0 Å². The van der Waals surface area contributed by atoms with Gasteiger partial charge in [0, 0.05) is 18.0 Å². The number of hydrogen-bond acceptors (Lipinski definition) is 2. The Labute approximate surface area is 143 Å². The summed E-state index contributed by atoms with van der Waals surface area (Å²) in [6.45, 7) is 4.61. The Kier molecular flexibility index (Phi) is 8.10. The number of unbranched alkanes of at least 4 members (excludes halogenated alkanes) is 2. The topological polar surface area (TPSA) is 66.4 Å². The van der Waals surface area contributed by atoms with Crippen LogP contribution in [0.25, 0.3) is 0 Å². The van der Waals surface area contributed by atoms with E-state index in [0.29, 0.717) is 18.0 Å². The first kappa shape index (κ1) is 19.5. The molecule has 0 radical (unpaired) electrons. The van der Waals surface area contributed by atoms with Crippen LogP contribution in [0.2, 0.25) is 5.02 Å². The standard InChI is InChI=1S/C18H26ClNO3/c1-3-18(4-2,14-9-11-15(19)12-10-14)17(23)20-13-7-5-6-8-16(21)22/h9-12H,3-8,13H2,1-2H3,(H,20,23)(H,21,22). The smallest absolute Gasteiger partial charge is 0.303 e. The average Bonchev–Trinajstić information content (AvgIpc) is 2.53. The molecule has 0 saturated heterocycles. The maximum absolute atomic E-state index is 12.7. The normalized spacial score (nSPS) is 11.3. The van der Waals surface area contributed by atoms with E-state index in [1.807, 2.05) is 38.1 Å². The van der Waals surface area contributed by atoms with Gasteiger partial charge in [-0.15, -0.1) is 0 Å². The highest BCUT2D eigenvalue weighted by atomic mass is 35.5. The molecule has 0 aliphatic carbocycles. The van der Waals surface area contributed by atoms with Crippen molar-refractivity contribution in [3.8, 4) is 0 Å². The Balaban J connectivity index is 2.61. The Morgan fingerprint density at radius 1 is 1.09 bits per heavy atom. The minimum Gasteiger partial charge on any atom is -0.481 e. The van der Waals surface area contributed by atoms with E-state index in [9.17, 15) is 9.59 Å². The lowest BCUT2D eigenvalue weighted by Gasteiger charge is -2.31. The van der Waals surface area contributed by atoms with Crippen LogP contribution >= 0.6 is 11.6 Å². The molecule has 0 aliphatic heterocycles. The van der Waals surface area contributed by atoms with Crippen molar-refractivity contribution in [3.05, 3.63) is 34.9 Å². The quantitative estimate of drug-likeness (QED) is 0.629. The van der Waals surface area contributed by atoms with Gasteiger partial charge < -0.3 is 10.4 Å². The van der Waals surface area contributed by atoms with Gasteiger partial charge in [0.25, 0.3) is 0 Å². The van der Waals surface area contributed by atoms with Crippen LogP contribution in [0.15, 0.2) is 24.3 Å². The fourth-order valence-electron chi connectivity index (χ4n) is 2.83. The van der Waals surface area contributed by atoms with E-state index in [2.05, 4.69) is 5.32 Å². The third-order valence-corrected chi connectivity index (χ3v) is 4.64. The first-order chi connectivity index (χ1) is 11.0. The first-order valence-corrected chi connectivity index (χ1v) is 8.60. The largest absolute Gasteiger partial charge is 0.481 e. The summed E-state index contributed by atoms with van der Waals surface area (Å²) in [5.41, 5.74) is 0.446. The lowest BCUT2D eigenvalue weighted by Crippen LogP contribution is -2.44. The van der Waals surface area contributed by atoms with Crippen molar-refractivity contribution in [1.29, 1.82) is 0 Å². The zero-order valence-electron chi connectivity index (χ0n) is 13.9. The number of rotatable bonds is 10. The highest BCUT2D eigenvalue weighted by molar-refractivity contribution is 6.30. The fourth-order valence-corrected chi connectivity index (χ4v) is 2.95. The highest BCUT2D eigenvalue weighted by Gasteiger charge is 2.36. The minimum atomic E-state index is -0.771. The van der Waals surface area contributed by atoms with Crippen LogP contribution in [0.1, 0.15) is 57.9 Å². The van der Waals surface area contributed by atoms with Gasteiger partial charge in [0.05, 0.1) is 5.41 Å². The molecule has 23 heavy (non-hydrogen) atoms. The average molecular weight is 340 g/mol. The summed E-state index contributed by atoms with van der Waals surface area (Å²) < 4.78 is 0. The Hall–Kier alpha value is -1.55. The minimum absolute atomic E-state index is 0.0306. The molecule has 1 aromatic rings. The third-order valence-electron chi connectivity index (χ3n) is 4.39. The molecule has 5 heteroatoms. The van der Waals surface area contributed by atoms with Crippen LogP contribution in [-0.4, -0.2) is 23.5 Å². The van der Waals surface area contributed by atoms with E-state index in [1.165, 1.54) is 0 Å². The number of benzene rings is 1. The molecule has 0 aromatic heterocycles. The first-order valence-electron chi connectivity index (χ1n) is 8.22. The van der Waals surface area contributed by atoms with Gasteiger partial charge in [-0.1, -0.05) is 44.0 Å². The summed E-state index contributed by atoms with van der Waals surface area (Å²) in [5, 5.41) is 12.3. The van der Waals surface area contributed by atoms with Crippen molar-refractivity contribution in [2.45, 2.75) is 57.8 Å². The Morgan fingerprint density at radius 3 is 2.22 bits per heavy atom. The van der Waals surface area contributed by atoms with E-state index in [4.69, 9.17) is 16.7 Å². The van der Waals surface area contributed by atoms with Gasteiger partial charge in [0.2, 0.25) is 5.91 Å². The molecule has 0 heterocycles. The molecule has 0 bridgehead atoms. The summed E-state index contributed by atoms with van der Waals surface area (Å²) in [5.74, 6) is -0.740. The molecule has 2 N–H and O–H groups in total. The number of halogens is 1. The number of nitrogens with one attached hydrogen (secondary N) is 1. The maximum atomic E-state index is 12.7. The summed E-state index contributed by atoms with van der Waals surface area (Å²) in [6, 6.07) is 7.47. The monoisotopic (exact) mass is 339 g/mol. The molecule has 1 aromatic carbocycles. The van der Waals surface area contributed by atoms with Gasteiger partial charge in [0.15, 0.2) is 0 Å². The SMILES string of the molecule is CCC(CC)(C(=O)NCCCCCC(=O)O)c1ccc(Cl)cc1. The molecular formula is C18H26ClNO3. The molecule has 0 aliphatic rings. The van der Waals surface area contributed by atoms with E-state index < -0.39 is 11.4 Å². The van der Waals surface area contributed by atoms with Crippen LogP contribution in [0.4, 0.5) is 0 Å². The number of carbonyl (C=O) groups is 2. The number of amides is 1. The summed E-state index contributed by atoms with van der Waals surface area (Å²) in [7, 11) is 0. The number of hydrogen-bond donors (Lipinski definition) is 2. The predicted octanol–water partition coefficient (Wildman–Crippen LogP) is 4.16. The van der Waals surface area contributed by atoms with Crippen LogP contribution < -0.4 is 5.32 Å². The Morgan fingerprint density at radius 2 is 1.70 bits per heavy atom. The molecule has 1 amide bonds. The number of aliphatic carboxylic acids is 1. The zero-order chi connectivity index (χ0) is 17.3. The highest BCUT2D eigenvalue weighted by Crippen LogP contribution is 2.32. The summed E-state index contributed by atoms with van der Waals surface area (Å²) in [6.07, 6.45) is 3.87. The molecule has 0 fully saturated rings. The van der Waals surface area contributed by atoms with Crippen LogP contribution in [0, 0.1) is 0 Å². The second-order valence-electron chi connectivity index (χ2n) is 5.76. The molecule has 0 spiro atoms. The van der Waals surface area contributed by atoms with Gasteiger partial charge in [0.1, 0.15) is 0 Å². The van der Waals surface area contributed by atoms with Crippen molar-refractivity contribution in [1.82, 2.24) is 5.32 Å². The van der Waals surface area contributed by atoms with E-state index in [0.717, 1.165) is 31.2 Å². The third kappa shape index (κ3) is 5.54. The van der Waals surface area contributed by atoms with Crippen molar-refractivity contribution in [2.24, 2.45) is 0 Å². The molecule has 4 nitrogen and oxygen atoms in total. The van der Waals surface area contributed by atoms with E-state index >= 15 is 0 Å². The van der Waals surface area contributed by atoms with E-state index in [-0.39, 0.29) is 12.3 Å². The van der Waals surface area contributed by atoms with Crippen molar-refractivity contribution in [2.75, 3.05) is 6.54 Å². The van der Waals surface area contributed by atoms with Gasteiger partial charge in [-0.05, 0) is 43.4 Å². The molecule has 0 saturated carbocycles. The number of carboxylic acids is 1. The van der Waals surface area contributed by atoms with Crippen molar-refractivity contribution < 1.29 is 14.7 Å². The van der Waals surface area contributed by atoms with Crippen LogP contribution in [0.5, 0.6) is 0 Å². The summed E-state index contributed by atoms with van der Waals surface area (Å²) >= 11 is 5.94. The van der Waals surface area contributed by atoms with Gasteiger partial charge in [-0.25, -0.2) is 0 Å². The van der Waals surface area contributed by atoms with Gasteiger partial charge in [-0.3, -0.25) is 9.59 Å². The van der Waals surface area contributed by atoms with Gasteiger partial charge in [-0.2, -0.15) is 0 Å². The van der Waals surface area contributed by atoms with Gasteiger partial charge >= 0.3 is 5.97 Å². The van der Waals surface area contributed by atoms with Crippen molar-refractivity contribution >= 4 is 23.5 Å². The molecule has 1 rings (SSSR count). The second-order valence-corrected chi connectivity index (χ2v) is 6.19. The number of carbonyl (C=O) groups excluding carboxylic acids is 1. The zero-order valence-corrected chi connectivity index (χ0v) is 14.7. The molecule has 0 atom stereocenters. The maximum Gasteiger partial charge on any atom is 0.303 e. The number of carboxylic acid groups (broad SMARTS) is 1. The summed E-state index contributed by atoms with van der Waals surface area (Å²) in [4.78, 5) is 23.2. The Bertz CT molecular complexity index is 510. The van der Waals surface area contributed by atoms with Crippen LogP contribution in [-0.2, 0) is 15.0 Å². The molecular weight excluding hydrogens is 314 g/mol. The molecule has 128 valence electrons. The predicted molar refractivity (Wildman–Crippen MR) is 92.8 cm³/mol. The lowest BCUT2D eigenvalue weighted by molar-refractivity contribution is -0.137.